The van der Waals surface area contributed by atoms with Gasteiger partial charge in [-0.3, -0.25) is 9.78 Å². The molecule has 1 aliphatic carbocycles. The molecule has 0 saturated heterocycles. The molecule has 0 fully saturated rings. The summed E-state index contributed by atoms with van der Waals surface area (Å²) in [6, 6.07) is 19.7. The van der Waals surface area contributed by atoms with Crippen molar-refractivity contribution in [3.8, 4) is 5.75 Å². The highest BCUT2D eigenvalue weighted by Crippen LogP contribution is 2.26. The van der Waals surface area contributed by atoms with Gasteiger partial charge in [-0.05, 0) is 67.1 Å². The number of rotatable bonds is 6. The minimum absolute atomic E-state index is 0.0199. The molecule has 0 aliphatic heterocycles. The number of aryl methyl sites for hydroxylation is 3. The fraction of sp³-hybridized carbons (Fsp3) is 0.250. The van der Waals surface area contributed by atoms with Gasteiger partial charge in [0.25, 0.3) is 5.91 Å². The van der Waals surface area contributed by atoms with Crippen molar-refractivity contribution in [1.82, 2.24) is 10.3 Å². The molecule has 1 aliphatic rings. The monoisotopic (exact) mass is 372 g/mol. The number of benzene rings is 2. The van der Waals surface area contributed by atoms with Crippen molar-refractivity contribution in [2.45, 2.75) is 32.2 Å². The Morgan fingerprint density at radius 2 is 1.89 bits per heavy atom. The first-order valence-electron chi connectivity index (χ1n) is 9.70. The summed E-state index contributed by atoms with van der Waals surface area (Å²) in [5, 5.41) is 3.07. The molecule has 1 N–H and O–H groups in total. The molecular weight excluding hydrogens is 348 g/mol. The summed E-state index contributed by atoms with van der Waals surface area (Å²) in [7, 11) is 0. The molecule has 142 valence electrons. The molecular formula is C24H24N2O2. The first kappa shape index (κ1) is 18.2. The van der Waals surface area contributed by atoms with Crippen LogP contribution in [0.4, 0.5) is 0 Å². The molecule has 4 nitrogen and oxygen atoms in total. The smallest absolute Gasteiger partial charge is 0.258 e. The fourth-order valence-electron chi connectivity index (χ4n) is 3.62. The van der Waals surface area contributed by atoms with Crippen LogP contribution in [0, 0.1) is 6.92 Å². The average Bonchev–Trinajstić information content (AvgIpc) is 3.20. The fourth-order valence-corrected chi connectivity index (χ4v) is 3.62. The van der Waals surface area contributed by atoms with Crippen molar-refractivity contribution in [3.05, 3.63) is 94.8 Å². The normalized spacial score (nSPS) is 13.6. The summed E-state index contributed by atoms with van der Waals surface area (Å²) in [6.45, 7) is 2.02. The predicted octanol–water partition coefficient (Wildman–Crippen LogP) is 4.16. The van der Waals surface area contributed by atoms with Gasteiger partial charge in [-0.15, -0.1) is 0 Å². The maximum absolute atomic E-state index is 12.6. The molecule has 0 radical (unpaired) electrons. The van der Waals surface area contributed by atoms with Crippen LogP contribution in [0.15, 0.2) is 66.9 Å². The lowest BCUT2D eigenvalue weighted by Crippen LogP contribution is -2.33. The Hall–Kier alpha value is -3.14. The van der Waals surface area contributed by atoms with E-state index < -0.39 is 0 Å². The Kier molecular flexibility index (Phi) is 5.38. The molecule has 2 aromatic carbocycles. The number of nitrogens with zero attached hydrogens (tertiary/aromatic N) is 1. The number of ether oxygens (including phenoxy) is 1. The molecule has 1 amide bonds. The van der Waals surface area contributed by atoms with Crippen LogP contribution < -0.4 is 10.1 Å². The summed E-state index contributed by atoms with van der Waals surface area (Å²) in [4.78, 5) is 17.0. The maximum atomic E-state index is 12.6. The number of hydrogen-bond donors (Lipinski definition) is 1. The second-order valence-electron chi connectivity index (χ2n) is 7.24. The summed E-state index contributed by atoms with van der Waals surface area (Å²) < 4.78 is 5.75. The largest absolute Gasteiger partial charge is 0.484 e. The van der Waals surface area contributed by atoms with Crippen molar-refractivity contribution in [3.63, 3.8) is 0 Å². The van der Waals surface area contributed by atoms with E-state index in [1.54, 1.807) is 6.20 Å². The zero-order valence-corrected chi connectivity index (χ0v) is 16.0. The summed E-state index contributed by atoms with van der Waals surface area (Å²) >= 11 is 0. The zero-order valence-electron chi connectivity index (χ0n) is 16.0. The maximum Gasteiger partial charge on any atom is 0.258 e. The minimum atomic E-state index is -0.307. The van der Waals surface area contributed by atoms with E-state index in [4.69, 9.17) is 4.74 Å². The lowest BCUT2D eigenvalue weighted by atomic mass is 10.0. The van der Waals surface area contributed by atoms with Crippen LogP contribution in [0.2, 0.25) is 0 Å². The lowest BCUT2D eigenvalue weighted by molar-refractivity contribution is -0.123. The Morgan fingerprint density at radius 3 is 2.68 bits per heavy atom. The van der Waals surface area contributed by atoms with Crippen molar-refractivity contribution >= 4 is 5.91 Å². The van der Waals surface area contributed by atoms with E-state index in [0.29, 0.717) is 0 Å². The molecule has 3 aromatic rings. The molecule has 28 heavy (non-hydrogen) atoms. The summed E-state index contributed by atoms with van der Waals surface area (Å²) in [6.07, 6.45) is 5.16. The van der Waals surface area contributed by atoms with Gasteiger partial charge in [0, 0.05) is 6.20 Å². The van der Waals surface area contributed by atoms with Crippen LogP contribution in [-0.2, 0) is 17.6 Å². The highest BCUT2D eigenvalue weighted by molar-refractivity contribution is 5.78. The zero-order chi connectivity index (χ0) is 19.3. The highest BCUT2D eigenvalue weighted by Gasteiger charge is 2.18. The average molecular weight is 372 g/mol. The third-order valence-electron chi connectivity index (χ3n) is 5.14. The van der Waals surface area contributed by atoms with E-state index in [1.807, 2.05) is 55.5 Å². The van der Waals surface area contributed by atoms with E-state index >= 15 is 0 Å². The number of nitrogens with one attached hydrogen (secondary N) is 1. The number of fused-ring (bicyclic) bond motifs is 1. The molecule has 1 atom stereocenters. The van der Waals surface area contributed by atoms with Crippen LogP contribution in [0.5, 0.6) is 5.75 Å². The lowest BCUT2D eigenvalue weighted by Gasteiger charge is -2.19. The SMILES string of the molecule is Cc1ccc(C(NC(=O)COc2ccc3c(c2)CCC3)c2ccccn2)cc1. The second kappa shape index (κ2) is 8.26. The van der Waals surface area contributed by atoms with Gasteiger partial charge in [-0.25, -0.2) is 0 Å². The molecule has 0 bridgehead atoms. The molecule has 0 spiro atoms. The van der Waals surface area contributed by atoms with Crippen LogP contribution in [0.3, 0.4) is 0 Å². The van der Waals surface area contributed by atoms with Gasteiger partial charge >= 0.3 is 0 Å². The van der Waals surface area contributed by atoms with Crippen molar-refractivity contribution < 1.29 is 9.53 Å². The van der Waals surface area contributed by atoms with Gasteiger partial charge in [0.15, 0.2) is 6.61 Å². The van der Waals surface area contributed by atoms with Crippen molar-refractivity contribution in [2.24, 2.45) is 0 Å². The van der Waals surface area contributed by atoms with E-state index in [-0.39, 0.29) is 18.6 Å². The van der Waals surface area contributed by atoms with E-state index in [9.17, 15) is 4.79 Å². The van der Waals surface area contributed by atoms with Gasteiger partial charge in [-0.1, -0.05) is 42.0 Å². The Morgan fingerprint density at radius 1 is 1.07 bits per heavy atom. The highest BCUT2D eigenvalue weighted by atomic mass is 16.5. The van der Waals surface area contributed by atoms with Gasteiger partial charge in [-0.2, -0.15) is 0 Å². The molecule has 1 heterocycles. The van der Waals surface area contributed by atoms with E-state index in [0.717, 1.165) is 29.8 Å². The number of carbonyl (C=O) groups excluding carboxylic acids is 1. The Bertz CT molecular complexity index is 952. The van der Waals surface area contributed by atoms with Gasteiger partial charge in [0.05, 0.1) is 11.7 Å². The topological polar surface area (TPSA) is 51.2 Å². The van der Waals surface area contributed by atoms with Gasteiger partial charge in [0.1, 0.15) is 5.75 Å². The molecule has 0 saturated carbocycles. The number of pyridine rings is 1. The first-order valence-corrected chi connectivity index (χ1v) is 9.70. The third-order valence-corrected chi connectivity index (χ3v) is 5.14. The van der Waals surface area contributed by atoms with E-state index in [1.165, 1.54) is 23.1 Å². The van der Waals surface area contributed by atoms with Crippen LogP contribution in [0.1, 0.15) is 40.4 Å². The van der Waals surface area contributed by atoms with Gasteiger partial charge < -0.3 is 10.1 Å². The molecule has 1 aromatic heterocycles. The molecule has 4 heteroatoms. The van der Waals surface area contributed by atoms with Crippen molar-refractivity contribution in [2.75, 3.05) is 6.61 Å². The predicted molar refractivity (Wildman–Crippen MR) is 109 cm³/mol. The number of hydrogen-bond acceptors (Lipinski definition) is 3. The first-order chi connectivity index (χ1) is 13.7. The summed E-state index contributed by atoms with van der Waals surface area (Å²) in [5.41, 5.74) is 5.71. The molecule has 1 unspecified atom stereocenters. The number of aromatic nitrogens is 1. The minimum Gasteiger partial charge on any atom is -0.484 e. The van der Waals surface area contributed by atoms with Gasteiger partial charge in [0.2, 0.25) is 0 Å². The molecule has 4 rings (SSSR count). The van der Waals surface area contributed by atoms with E-state index in [2.05, 4.69) is 22.4 Å². The number of carbonyl (C=O) groups is 1. The van der Waals surface area contributed by atoms with Crippen LogP contribution >= 0.6 is 0 Å². The Balaban J connectivity index is 1.45. The van der Waals surface area contributed by atoms with Crippen LogP contribution in [-0.4, -0.2) is 17.5 Å². The van der Waals surface area contributed by atoms with Crippen molar-refractivity contribution in [1.29, 1.82) is 0 Å². The second-order valence-corrected chi connectivity index (χ2v) is 7.24. The Labute approximate surface area is 165 Å². The quantitative estimate of drug-likeness (QED) is 0.707. The number of amides is 1. The summed E-state index contributed by atoms with van der Waals surface area (Å²) in [5.74, 6) is 0.581. The standard InChI is InChI=1S/C24H24N2O2/c1-17-8-10-19(11-9-17)24(22-7-2-3-14-25-22)26-23(27)16-28-21-13-12-18-5-4-6-20(18)15-21/h2-3,7-15,24H,4-6,16H2,1H3,(H,26,27). The van der Waals surface area contributed by atoms with Crippen LogP contribution in [0.25, 0.3) is 0 Å². The third kappa shape index (κ3) is 4.22.